The number of allylic oxidation sites excluding steroid dienone is 2. The molecule has 3 rings (SSSR count). The zero-order valence-corrected chi connectivity index (χ0v) is 21.0. The number of hydrogen-bond donors (Lipinski definition) is 5. The van der Waals surface area contributed by atoms with Crippen molar-refractivity contribution in [3.05, 3.63) is 83.2 Å². The van der Waals surface area contributed by atoms with E-state index in [2.05, 4.69) is 20.9 Å². The van der Waals surface area contributed by atoms with Gasteiger partial charge >= 0.3 is 6.09 Å². The SMILES string of the molecule is CC(=O)C=C(C)NCc1ccccc1CCNC(=O)C(C)(CCc1c[nH]c2ccccc12)NC(=O)O. The number of aromatic amines is 1. The van der Waals surface area contributed by atoms with E-state index in [1.807, 2.05) is 61.7 Å². The quantitative estimate of drug-likeness (QED) is 0.245. The third kappa shape index (κ3) is 7.21. The van der Waals surface area contributed by atoms with Crippen LogP contribution in [0.4, 0.5) is 4.79 Å². The fraction of sp³-hybridized carbons (Fsp3) is 0.321. The van der Waals surface area contributed by atoms with Crippen LogP contribution in [0.15, 0.2) is 66.5 Å². The van der Waals surface area contributed by atoms with Crippen LogP contribution in [0.5, 0.6) is 0 Å². The van der Waals surface area contributed by atoms with Gasteiger partial charge in [-0.2, -0.15) is 0 Å². The molecule has 5 N–H and O–H groups in total. The van der Waals surface area contributed by atoms with Gasteiger partial charge in [0.15, 0.2) is 5.78 Å². The summed E-state index contributed by atoms with van der Waals surface area (Å²) in [7, 11) is 0. The Kier molecular flexibility index (Phi) is 8.89. The highest BCUT2D eigenvalue weighted by Crippen LogP contribution is 2.22. The molecule has 0 saturated carbocycles. The van der Waals surface area contributed by atoms with E-state index in [0.29, 0.717) is 32.4 Å². The number of carbonyl (C=O) groups excluding carboxylic acids is 2. The highest BCUT2D eigenvalue weighted by molar-refractivity contribution is 5.89. The zero-order valence-electron chi connectivity index (χ0n) is 21.0. The molecule has 190 valence electrons. The first-order valence-electron chi connectivity index (χ1n) is 12.0. The van der Waals surface area contributed by atoms with Gasteiger partial charge in [0.1, 0.15) is 5.54 Å². The summed E-state index contributed by atoms with van der Waals surface area (Å²) in [4.78, 5) is 39.1. The molecule has 0 fully saturated rings. The Balaban J connectivity index is 1.62. The molecule has 1 heterocycles. The number of amides is 2. The Bertz CT molecular complexity index is 1260. The molecule has 2 aromatic carbocycles. The second-order valence-corrected chi connectivity index (χ2v) is 9.19. The number of H-pyrrole nitrogens is 1. The maximum absolute atomic E-state index is 13.1. The van der Waals surface area contributed by atoms with Gasteiger partial charge in [0.25, 0.3) is 0 Å². The summed E-state index contributed by atoms with van der Waals surface area (Å²) < 4.78 is 0. The van der Waals surface area contributed by atoms with Crippen molar-refractivity contribution < 1.29 is 19.5 Å². The average Bonchev–Trinajstić information content (AvgIpc) is 3.24. The van der Waals surface area contributed by atoms with Crippen LogP contribution in [-0.2, 0) is 29.0 Å². The minimum atomic E-state index is -1.28. The van der Waals surface area contributed by atoms with E-state index in [4.69, 9.17) is 0 Å². The number of para-hydroxylation sites is 1. The Labute approximate surface area is 211 Å². The lowest BCUT2D eigenvalue weighted by molar-refractivity contribution is -0.127. The van der Waals surface area contributed by atoms with E-state index in [-0.39, 0.29) is 11.7 Å². The van der Waals surface area contributed by atoms with Gasteiger partial charge < -0.3 is 26.0 Å². The van der Waals surface area contributed by atoms with Crippen LogP contribution in [0.1, 0.15) is 43.9 Å². The average molecular weight is 491 g/mol. The lowest BCUT2D eigenvalue weighted by Gasteiger charge is -2.28. The predicted octanol–water partition coefficient (Wildman–Crippen LogP) is 4.07. The van der Waals surface area contributed by atoms with Gasteiger partial charge in [0.05, 0.1) is 0 Å². The Hall–Kier alpha value is -4.07. The van der Waals surface area contributed by atoms with Crippen LogP contribution < -0.4 is 16.0 Å². The molecule has 0 saturated heterocycles. The van der Waals surface area contributed by atoms with Crippen molar-refractivity contribution in [3.8, 4) is 0 Å². The molecule has 1 aromatic heterocycles. The highest BCUT2D eigenvalue weighted by atomic mass is 16.4. The van der Waals surface area contributed by atoms with Crippen molar-refractivity contribution in [2.24, 2.45) is 0 Å². The number of ketones is 1. The fourth-order valence-electron chi connectivity index (χ4n) is 4.26. The summed E-state index contributed by atoms with van der Waals surface area (Å²) in [6, 6.07) is 15.8. The lowest BCUT2D eigenvalue weighted by atomic mass is 9.92. The van der Waals surface area contributed by atoms with E-state index in [0.717, 1.165) is 33.3 Å². The number of nitrogens with one attached hydrogen (secondary N) is 4. The van der Waals surface area contributed by atoms with Crippen LogP contribution in [0.3, 0.4) is 0 Å². The number of hydrogen-bond acceptors (Lipinski definition) is 4. The van der Waals surface area contributed by atoms with Crippen molar-refractivity contribution in [1.82, 2.24) is 20.9 Å². The van der Waals surface area contributed by atoms with Gasteiger partial charge in [-0.05, 0) is 68.9 Å². The minimum Gasteiger partial charge on any atom is -0.465 e. The van der Waals surface area contributed by atoms with Crippen LogP contribution in [0.2, 0.25) is 0 Å². The van der Waals surface area contributed by atoms with Gasteiger partial charge in [-0.15, -0.1) is 0 Å². The second-order valence-electron chi connectivity index (χ2n) is 9.19. The van der Waals surface area contributed by atoms with Crippen molar-refractivity contribution >= 4 is 28.7 Å². The summed E-state index contributed by atoms with van der Waals surface area (Å²) in [5, 5.41) is 19.0. The number of carbonyl (C=O) groups is 3. The van der Waals surface area contributed by atoms with Gasteiger partial charge in [-0.3, -0.25) is 9.59 Å². The van der Waals surface area contributed by atoms with Crippen LogP contribution in [0, 0.1) is 0 Å². The molecule has 3 aromatic rings. The zero-order chi connectivity index (χ0) is 26.1. The third-order valence-electron chi connectivity index (χ3n) is 6.23. The van der Waals surface area contributed by atoms with Crippen molar-refractivity contribution in [2.45, 2.75) is 52.1 Å². The van der Waals surface area contributed by atoms with E-state index < -0.39 is 11.6 Å². The normalized spacial score (nSPS) is 13.1. The molecule has 0 aliphatic carbocycles. The summed E-state index contributed by atoms with van der Waals surface area (Å²) in [5.41, 5.74) is 3.68. The van der Waals surface area contributed by atoms with Gasteiger partial charge in [0, 0.05) is 35.9 Å². The lowest BCUT2D eigenvalue weighted by Crippen LogP contribution is -2.57. The molecule has 36 heavy (non-hydrogen) atoms. The Morgan fingerprint density at radius 1 is 0.944 bits per heavy atom. The number of rotatable bonds is 12. The fourth-order valence-corrected chi connectivity index (χ4v) is 4.26. The summed E-state index contributed by atoms with van der Waals surface area (Å²) in [6.45, 7) is 5.89. The van der Waals surface area contributed by atoms with Gasteiger partial charge in [-0.25, -0.2) is 4.79 Å². The molecule has 0 aliphatic heterocycles. The Morgan fingerprint density at radius 2 is 1.64 bits per heavy atom. The predicted molar refractivity (Wildman–Crippen MR) is 141 cm³/mol. The van der Waals surface area contributed by atoms with Crippen molar-refractivity contribution in [2.75, 3.05) is 6.54 Å². The largest absolute Gasteiger partial charge is 0.465 e. The van der Waals surface area contributed by atoms with E-state index in [1.165, 1.54) is 6.92 Å². The Morgan fingerprint density at radius 3 is 2.36 bits per heavy atom. The van der Waals surface area contributed by atoms with E-state index in [9.17, 15) is 19.5 Å². The van der Waals surface area contributed by atoms with Crippen LogP contribution >= 0.6 is 0 Å². The molecule has 0 spiro atoms. The molecule has 2 amide bonds. The van der Waals surface area contributed by atoms with Crippen LogP contribution in [0.25, 0.3) is 10.9 Å². The maximum atomic E-state index is 13.1. The first-order chi connectivity index (χ1) is 17.2. The maximum Gasteiger partial charge on any atom is 0.405 e. The monoisotopic (exact) mass is 490 g/mol. The highest BCUT2D eigenvalue weighted by Gasteiger charge is 2.34. The summed E-state index contributed by atoms with van der Waals surface area (Å²) in [5.74, 6) is -0.376. The van der Waals surface area contributed by atoms with E-state index in [1.54, 1.807) is 13.0 Å². The third-order valence-corrected chi connectivity index (χ3v) is 6.23. The number of aryl methyl sites for hydroxylation is 1. The molecule has 8 heteroatoms. The minimum absolute atomic E-state index is 0.0151. The molecule has 0 bridgehead atoms. The number of fused-ring (bicyclic) bond motifs is 1. The summed E-state index contributed by atoms with van der Waals surface area (Å²) >= 11 is 0. The topological polar surface area (TPSA) is 123 Å². The summed E-state index contributed by atoms with van der Waals surface area (Å²) in [6.07, 6.45) is 3.66. The molecule has 1 unspecified atom stereocenters. The van der Waals surface area contributed by atoms with Crippen molar-refractivity contribution in [3.63, 3.8) is 0 Å². The van der Waals surface area contributed by atoms with E-state index >= 15 is 0 Å². The molecule has 1 atom stereocenters. The molecule has 0 aliphatic rings. The van der Waals surface area contributed by atoms with Crippen LogP contribution in [-0.4, -0.2) is 40.0 Å². The first-order valence-corrected chi connectivity index (χ1v) is 12.0. The molecular formula is C28H34N4O4. The second kappa shape index (κ2) is 12.1. The number of aromatic nitrogens is 1. The number of benzene rings is 2. The first kappa shape index (κ1) is 26.5. The van der Waals surface area contributed by atoms with Crippen molar-refractivity contribution in [1.29, 1.82) is 0 Å². The number of carboxylic acid groups (broad SMARTS) is 1. The van der Waals surface area contributed by atoms with Gasteiger partial charge in [-0.1, -0.05) is 42.5 Å². The molecular weight excluding hydrogens is 456 g/mol. The standard InChI is InChI=1S/C28H34N4O4/c1-19(16-20(2)33)30-17-22-9-5-4-8-21(22)13-15-29-26(34)28(3,32-27(35)36)14-12-23-18-31-25-11-7-6-10-24(23)25/h4-11,16,18,30-32H,12-15,17H2,1-3H3,(H,29,34)(H,35,36). The molecule has 8 nitrogen and oxygen atoms in total. The molecule has 0 radical (unpaired) electrons. The van der Waals surface area contributed by atoms with Gasteiger partial charge in [0.2, 0.25) is 5.91 Å². The smallest absolute Gasteiger partial charge is 0.405 e.